The molecule has 0 amide bonds. The van der Waals surface area contributed by atoms with Crippen LogP contribution in [-0.2, 0) is 0 Å². The standard InChI is InChI=1S/C6H12.U/c1-3-5-6-4-2;/h6H,1,3-5H2,2H3;/q-2;+2. The van der Waals surface area contributed by atoms with Crippen LogP contribution in [0.3, 0.4) is 0 Å². The minimum atomic E-state index is 0. The Balaban J connectivity index is 0. The molecule has 0 aliphatic heterocycles. The maximum Gasteiger partial charge on any atom is 2.00 e. The van der Waals surface area contributed by atoms with Gasteiger partial charge in [-0.15, -0.1) is 0 Å². The van der Waals surface area contributed by atoms with Gasteiger partial charge in [0.25, 0.3) is 0 Å². The first kappa shape index (κ1) is 10.9. The average molecular weight is 322 g/mol. The zero-order chi connectivity index (χ0) is 4.83. The summed E-state index contributed by atoms with van der Waals surface area (Å²) in [6.07, 6.45) is 5.66. The summed E-state index contributed by atoms with van der Waals surface area (Å²) < 4.78 is 0. The normalized spacial score (nSPS) is 7.71. The molecule has 0 aromatic carbocycles. The monoisotopic (exact) mass is 322 g/mol. The molecule has 0 aromatic rings. The summed E-state index contributed by atoms with van der Waals surface area (Å²) in [5.41, 5.74) is 0. The van der Waals surface area contributed by atoms with Crippen molar-refractivity contribution in [2.75, 3.05) is 0 Å². The fourth-order valence-electron chi connectivity index (χ4n) is 0.348. The molecule has 0 rings (SSSR count). The molecule has 0 bridgehead atoms. The van der Waals surface area contributed by atoms with Gasteiger partial charge in [0.1, 0.15) is 0 Å². The van der Waals surface area contributed by atoms with Gasteiger partial charge < -0.3 is 13.3 Å². The molecule has 0 atom stereocenters. The molecule has 0 fully saturated rings. The molecule has 0 aliphatic carbocycles. The summed E-state index contributed by atoms with van der Waals surface area (Å²) in [6.45, 7) is 5.84. The number of hydrogen-bond acceptors (Lipinski definition) is 0. The van der Waals surface area contributed by atoms with Gasteiger partial charge in [0, 0.05) is 0 Å². The maximum atomic E-state index is 3.69. The topological polar surface area (TPSA) is 0 Å². The molecule has 1 heteroatoms. The minimum Gasteiger partial charge on any atom is -0.346 e. The summed E-state index contributed by atoms with van der Waals surface area (Å²) in [5, 5.41) is 0. The van der Waals surface area contributed by atoms with E-state index in [0.29, 0.717) is 0 Å². The fourth-order valence-corrected chi connectivity index (χ4v) is 0.348. The molecule has 0 radical (unpaired) electrons. The third kappa shape index (κ3) is 11.0. The first-order chi connectivity index (χ1) is 2.91. The molecule has 0 heterocycles. The van der Waals surface area contributed by atoms with Crippen LogP contribution in [0.15, 0.2) is 0 Å². The van der Waals surface area contributed by atoms with Gasteiger partial charge in [-0.05, 0) is 0 Å². The molecule has 0 saturated heterocycles. The maximum absolute atomic E-state index is 3.69. The number of unbranched alkanes of at least 4 members (excludes halogenated alkanes) is 3. The van der Waals surface area contributed by atoms with Crippen molar-refractivity contribution in [3.05, 3.63) is 13.3 Å². The Morgan fingerprint density at radius 3 is 2.29 bits per heavy atom. The molecule has 0 unspecified atom stereocenters. The van der Waals surface area contributed by atoms with Crippen LogP contribution in [0.1, 0.15) is 26.2 Å². The van der Waals surface area contributed by atoms with Gasteiger partial charge >= 0.3 is 31.1 Å². The van der Waals surface area contributed by atoms with E-state index in [-0.39, 0.29) is 31.1 Å². The van der Waals surface area contributed by atoms with E-state index in [0.717, 1.165) is 6.42 Å². The quantitative estimate of drug-likeness (QED) is 0.552. The molecular formula is C6H12U. The second-order valence-corrected chi connectivity index (χ2v) is 1.34. The van der Waals surface area contributed by atoms with Gasteiger partial charge in [0.15, 0.2) is 0 Å². The molecule has 0 nitrogen and oxygen atoms in total. The van der Waals surface area contributed by atoms with E-state index < -0.39 is 0 Å². The minimum absolute atomic E-state index is 0. The van der Waals surface area contributed by atoms with Crippen molar-refractivity contribution < 1.29 is 31.1 Å². The van der Waals surface area contributed by atoms with Gasteiger partial charge in [-0.3, -0.25) is 0 Å². The molecule has 0 spiro atoms. The van der Waals surface area contributed by atoms with E-state index in [1.165, 1.54) is 12.8 Å². The zero-order valence-corrected chi connectivity index (χ0v) is 9.07. The molecule has 0 N–H and O–H groups in total. The number of hydrogen-bond donors (Lipinski definition) is 0. The second-order valence-electron chi connectivity index (χ2n) is 1.34. The summed E-state index contributed by atoms with van der Waals surface area (Å²) >= 11 is 0. The Morgan fingerprint density at radius 1 is 1.57 bits per heavy atom. The Kier molecular flexibility index (Phi) is 15.8. The second kappa shape index (κ2) is 10.1. The van der Waals surface area contributed by atoms with Crippen molar-refractivity contribution >= 4 is 0 Å². The van der Waals surface area contributed by atoms with Crippen LogP contribution in [0.25, 0.3) is 0 Å². The van der Waals surface area contributed by atoms with E-state index in [1.807, 2.05) is 0 Å². The summed E-state index contributed by atoms with van der Waals surface area (Å²) in [4.78, 5) is 0. The van der Waals surface area contributed by atoms with Crippen LogP contribution in [0.2, 0.25) is 0 Å². The first-order valence-corrected chi connectivity index (χ1v) is 2.52. The van der Waals surface area contributed by atoms with E-state index in [9.17, 15) is 0 Å². The van der Waals surface area contributed by atoms with Crippen LogP contribution in [-0.4, -0.2) is 0 Å². The van der Waals surface area contributed by atoms with Crippen molar-refractivity contribution in [2.24, 2.45) is 0 Å². The van der Waals surface area contributed by atoms with Gasteiger partial charge in [0.2, 0.25) is 0 Å². The predicted octanol–water partition coefficient (Wildman–Crippen LogP) is 2.21. The van der Waals surface area contributed by atoms with Gasteiger partial charge in [0.05, 0.1) is 0 Å². The summed E-state index contributed by atoms with van der Waals surface area (Å²) in [5.74, 6) is 0. The Bertz CT molecular complexity index is 16.1. The third-order valence-electron chi connectivity index (χ3n) is 0.697. The molecule has 40 valence electrons. The van der Waals surface area contributed by atoms with Gasteiger partial charge in [-0.25, -0.2) is 12.8 Å². The van der Waals surface area contributed by atoms with E-state index >= 15 is 0 Å². The van der Waals surface area contributed by atoms with Crippen LogP contribution in [0.5, 0.6) is 0 Å². The predicted molar refractivity (Wildman–Crippen MR) is 29.2 cm³/mol. The Labute approximate surface area is 70.4 Å². The number of rotatable bonds is 3. The smallest absolute Gasteiger partial charge is 0.346 e. The van der Waals surface area contributed by atoms with Crippen LogP contribution in [0, 0.1) is 44.5 Å². The third-order valence-corrected chi connectivity index (χ3v) is 0.697. The van der Waals surface area contributed by atoms with Crippen molar-refractivity contribution in [3.8, 4) is 0 Å². The molecule has 0 aromatic heterocycles. The van der Waals surface area contributed by atoms with Crippen LogP contribution >= 0.6 is 0 Å². The van der Waals surface area contributed by atoms with Crippen LogP contribution in [0.4, 0.5) is 0 Å². The molecule has 7 heavy (non-hydrogen) atoms. The van der Waals surface area contributed by atoms with E-state index in [4.69, 9.17) is 0 Å². The Hall–Kier alpha value is 1.05. The van der Waals surface area contributed by atoms with Crippen molar-refractivity contribution in [1.82, 2.24) is 0 Å². The van der Waals surface area contributed by atoms with Crippen molar-refractivity contribution in [3.63, 3.8) is 0 Å². The summed E-state index contributed by atoms with van der Waals surface area (Å²) in [7, 11) is 0. The van der Waals surface area contributed by atoms with Gasteiger partial charge in [-0.1, -0.05) is 6.92 Å². The SMILES string of the molecule is [CH2-]CC[CH-]CC.[U+2]. The first-order valence-electron chi connectivity index (χ1n) is 2.52. The van der Waals surface area contributed by atoms with E-state index in [1.54, 1.807) is 0 Å². The largest absolute Gasteiger partial charge is 2.00 e. The fraction of sp³-hybridized carbons (Fsp3) is 0.667. The molecule has 0 aliphatic rings. The molecule has 0 saturated carbocycles. The van der Waals surface area contributed by atoms with Crippen LogP contribution < -0.4 is 0 Å². The summed E-state index contributed by atoms with van der Waals surface area (Å²) in [6, 6.07) is 0. The Morgan fingerprint density at radius 2 is 2.14 bits per heavy atom. The molecular weight excluding hydrogens is 310 g/mol. The van der Waals surface area contributed by atoms with E-state index in [2.05, 4.69) is 20.3 Å². The average Bonchev–Trinajstić information content (AvgIpc) is 1.61. The zero-order valence-electron chi connectivity index (χ0n) is 4.91. The van der Waals surface area contributed by atoms with Crippen molar-refractivity contribution in [1.29, 1.82) is 0 Å². The van der Waals surface area contributed by atoms with Gasteiger partial charge in [-0.2, -0.15) is 6.42 Å². The van der Waals surface area contributed by atoms with Crippen molar-refractivity contribution in [2.45, 2.75) is 26.2 Å².